The van der Waals surface area contributed by atoms with Crippen LogP contribution in [-0.2, 0) is 6.42 Å². The highest BCUT2D eigenvalue weighted by molar-refractivity contribution is 5.37. The molecule has 106 valence electrons. The van der Waals surface area contributed by atoms with Crippen molar-refractivity contribution < 1.29 is 0 Å². The summed E-state index contributed by atoms with van der Waals surface area (Å²) in [5.41, 5.74) is -0.0448. The minimum atomic E-state index is -0.0448. The molecule has 1 aliphatic rings. The van der Waals surface area contributed by atoms with E-state index in [9.17, 15) is 4.79 Å². The van der Waals surface area contributed by atoms with Gasteiger partial charge in [0.1, 0.15) is 11.6 Å². The summed E-state index contributed by atoms with van der Waals surface area (Å²) in [6, 6.07) is 1.61. The molecule has 0 aliphatic carbocycles. The summed E-state index contributed by atoms with van der Waals surface area (Å²) < 4.78 is 0. The van der Waals surface area contributed by atoms with E-state index in [-0.39, 0.29) is 5.56 Å². The Balaban J connectivity index is 1.97. The molecule has 0 atom stereocenters. The number of aromatic amines is 1. The number of aryl methyl sites for hydroxylation is 1. The third-order valence-corrected chi connectivity index (χ3v) is 3.73. The molecule has 0 radical (unpaired) electrons. The van der Waals surface area contributed by atoms with Gasteiger partial charge in [0, 0.05) is 25.6 Å². The first kappa shape index (κ1) is 14.1. The maximum Gasteiger partial charge on any atom is 0.252 e. The zero-order valence-corrected chi connectivity index (χ0v) is 11.9. The molecule has 2 heterocycles. The third-order valence-electron chi connectivity index (χ3n) is 3.73. The second-order valence-electron chi connectivity index (χ2n) is 5.14. The van der Waals surface area contributed by atoms with Crippen LogP contribution in [0, 0.1) is 5.92 Å². The molecule has 0 unspecified atom stereocenters. The molecule has 2 rings (SSSR count). The number of H-pyrrole nitrogens is 1. The first-order valence-electron chi connectivity index (χ1n) is 7.28. The van der Waals surface area contributed by atoms with E-state index in [0.717, 1.165) is 50.2 Å². The van der Waals surface area contributed by atoms with Crippen LogP contribution < -0.4 is 15.8 Å². The number of hydrogen-bond donors (Lipinski definition) is 2. The standard InChI is InChI=1S/C14H24N4O/c1-3-12-16-13(9-14(19)17-12)18-7-5-11(6-8-18)10-15-4-2/h9,11,15H,3-8,10H2,1-2H3,(H,16,17,19). The Kier molecular flexibility index (Phi) is 4.96. The fraction of sp³-hybridized carbons (Fsp3) is 0.714. The van der Waals surface area contributed by atoms with Gasteiger partial charge in [0.15, 0.2) is 0 Å². The largest absolute Gasteiger partial charge is 0.356 e. The highest BCUT2D eigenvalue weighted by Crippen LogP contribution is 2.20. The summed E-state index contributed by atoms with van der Waals surface area (Å²) in [4.78, 5) is 21.1. The van der Waals surface area contributed by atoms with Gasteiger partial charge < -0.3 is 15.2 Å². The van der Waals surface area contributed by atoms with Crippen LogP contribution in [0.2, 0.25) is 0 Å². The molecule has 0 amide bonds. The van der Waals surface area contributed by atoms with Gasteiger partial charge >= 0.3 is 0 Å². The SMILES string of the molecule is CCNCC1CCN(c2cc(=O)[nH]c(CC)n2)CC1. The molecular weight excluding hydrogens is 240 g/mol. The molecule has 1 fully saturated rings. The van der Waals surface area contributed by atoms with Gasteiger partial charge in [-0.05, 0) is 31.8 Å². The Morgan fingerprint density at radius 2 is 2.16 bits per heavy atom. The van der Waals surface area contributed by atoms with Crippen molar-refractivity contribution in [1.29, 1.82) is 0 Å². The van der Waals surface area contributed by atoms with Gasteiger partial charge in [0.05, 0.1) is 0 Å². The number of rotatable bonds is 5. The zero-order chi connectivity index (χ0) is 13.7. The Labute approximate surface area is 114 Å². The van der Waals surface area contributed by atoms with Crippen LogP contribution in [0.25, 0.3) is 0 Å². The Morgan fingerprint density at radius 3 is 2.79 bits per heavy atom. The highest BCUT2D eigenvalue weighted by atomic mass is 16.1. The molecule has 2 N–H and O–H groups in total. The maximum absolute atomic E-state index is 11.6. The van der Waals surface area contributed by atoms with E-state index >= 15 is 0 Å². The lowest BCUT2D eigenvalue weighted by molar-refractivity contribution is 0.385. The van der Waals surface area contributed by atoms with Crippen LogP contribution in [0.4, 0.5) is 5.82 Å². The summed E-state index contributed by atoms with van der Waals surface area (Å²) in [7, 11) is 0. The Bertz CT molecular complexity index is 449. The lowest BCUT2D eigenvalue weighted by atomic mass is 9.97. The molecule has 5 nitrogen and oxygen atoms in total. The summed E-state index contributed by atoms with van der Waals surface area (Å²) in [5, 5.41) is 3.41. The van der Waals surface area contributed by atoms with Gasteiger partial charge in [-0.3, -0.25) is 4.79 Å². The molecule has 0 bridgehead atoms. The van der Waals surface area contributed by atoms with E-state index in [1.165, 1.54) is 12.8 Å². The zero-order valence-electron chi connectivity index (χ0n) is 11.9. The van der Waals surface area contributed by atoms with Crippen LogP contribution >= 0.6 is 0 Å². The Morgan fingerprint density at radius 1 is 1.42 bits per heavy atom. The van der Waals surface area contributed by atoms with E-state index in [2.05, 4.69) is 27.1 Å². The van der Waals surface area contributed by atoms with Crippen LogP contribution in [0.1, 0.15) is 32.5 Å². The monoisotopic (exact) mass is 264 g/mol. The molecule has 19 heavy (non-hydrogen) atoms. The summed E-state index contributed by atoms with van der Waals surface area (Å²) in [6.45, 7) is 8.28. The number of nitrogens with zero attached hydrogens (tertiary/aromatic N) is 2. The number of hydrogen-bond acceptors (Lipinski definition) is 4. The highest BCUT2D eigenvalue weighted by Gasteiger charge is 2.20. The molecule has 0 spiro atoms. The van der Waals surface area contributed by atoms with Crippen LogP contribution in [-0.4, -0.2) is 36.1 Å². The van der Waals surface area contributed by atoms with Crippen molar-refractivity contribution in [2.24, 2.45) is 5.92 Å². The van der Waals surface area contributed by atoms with E-state index in [4.69, 9.17) is 0 Å². The fourth-order valence-electron chi connectivity index (χ4n) is 2.54. The quantitative estimate of drug-likeness (QED) is 0.838. The van der Waals surface area contributed by atoms with Crippen molar-refractivity contribution in [3.05, 3.63) is 22.2 Å². The second-order valence-corrected chi connectivity index (χ2v) is 5.14. The second kappa shape index (κ2) is 6.70. The first-order valence-corrected chi connectivity index (χ1v) is 7.28. The molecule has 5 heteroatoms. The summed E-state index contributed by atoms with van der Waals surface area (Å²) in [5.74, 6) is 2.36. The van der Waals surface area contributed by atoms with Crippen LogP contribution in [0.5, 0.6) is 0 Å². The molecule has 0 saturated carbocycles. The normalized spacial score (nSPS) is 16.8. The molecule has 1 aromatic heterocycles. The van der Waals surface area contributed by atoms with Crippen LogP contribution in [0.15, 0.2) is 10.9 Å². The number of nitrogens with one attached hydrogen (secondary N) is 2. The lowest BCUT2D eigenvalue weighted by Crippen LogP contribution is -2.38. The molecule has 1 aliphatic heterocycles. The van der Waals surface area contributed by atoms with E-state index in [1.54, 1.807) is 6.07 Å². The van der Waals surface area contributed by atoms with Gasteiger partial charge in [0.25, 0.3) is 5.56 Å². The maximum atomic E-state index is 11.6. The number of piperidine rings is 1. The first-order chi connectivity index (χ1) is 9.22. The van der Waals surface area contributed by atoms with Gasteiger partial charge in [-0.1, -0.05) is 13.8 Å². The number of anilines is 1. The number of aromatic nitrogens is 2. The van der Waals surface area contributed by atoms with E-state index < -0.39 is 0 Å². The van der Waals surface area contributed by atoms with Crippen molar-refractivity contribution in [3.63, 3.8) is 0 Å². The summed E-state index contributed by atoms with van der Waals surface area (Å²) in [6.07, 6.45) is 3.10. The van der Waals surface area contributed by atoms with Crippen molar-refractivity contribution in [1.82, 2.24) is 15.3 Å². The van der Waals surface area contributed by atoms with Crippen molar-refractivity contribution in [3.8, 4) is 0 Å². The predicted molar refractivity (Wildman–Crippen MR) is 77.7 cm³/mol. The smallest absolute Gasteiger partial charge is 0.252 e. The molecule has 1 aromatic rings. The van der Waals surface area contributed by atoms with Crippen LogP contribution in [0.3, 0.4) is 0 Å². The van der Waals surface area contributed by atoms with Gasteiger partial charge in [0.2, 0.25) is 0 Å². The lowest BCUT2D eigenvalue weighted by Gasteiger charge is -2.32. The van der Waals surface area contributed by atoms with E-state index in [1.807, 2.05) is 6.92 Å². The molecular formula is C14H24N4O. The predicted octanol–water partition coefficient (Wildman–Crippen LogP) is 1.16. The average molecular weight is 264 g/mol. The van der Waals surface area contributed by atoms with Crippen molar-refractivity contribution in [2.75, 3.05) is 31.1 Å². The van der Waals surface area contributed by atoms with Gasteiger partial charge in [-0.2, -0.15) is 0 Å². The van der Waals surface area contributed by atoms with E-state index in [0.29, 0.717) is 0 Å². The molecule has 0 aromatic carbocycles. The minimum Gasteiger partial charge on any atom is -0.356 e. The molecule has 1 saturated heterocycles. The average Bonchev–Trinajstić information content (AvgIpc) is 2.45. The van der Waals surface area contributed by atoms with Crippen molar-refractivity contribution >= 4 is 5.82 Å². The topological polar surface area (TPSA) is 61.0 Å². The van der Waals surface area contributed by atoms with Crippen molar-refractivity contribution in [2.45, 2.75) is 33.1 Å². The Hall–Kier alpha value is -1.36. The minimum absolute atomic E-state index is 0.0448. The van der Waals surface area contributed by atoms with Gasteiger partial charge in [-0.15, -0.1) is 0 Å². The third kappa shape index (κ3) is 3.80. The summed E-state index contributed by atoms with van der Waals surface area (Å²) >= 11 is 0. The fourth-order valence-corrected chi connectivity index (χ4v) is 2.54. The van der Waals surface area contributed by atoms with Gasteiger partial charge in [-0.25, -0.2) is 4.98 Å².